The molecule has 152 valence electrons. The molecular weight excluding hydrogens is 383 g/mol. The highest BCUT2D eigenvalue weighted by atomic mass is 19.1. The number of anilines is 1. The average molecular weight is 404 g/mol. The van der Waals surface area contributed by atoms with E-state index in [0.29, 0.717) is 11.4 Å². The Hall–Kier alpha value is -3.55. The van der Waals surface area contributed by atoms with Gasteiger partial charge in [0.15, 0.2) is 5.82 Å². The number of hydrogen-bond acceptors (Lipinski definition) is 4. The summed E-state index contributed by atoms with van der Waals surface area (Å²) in [4.78, 5) is 17.0. The van der Waals surface area contributed by atoms with Crippen LogP contribution in [-0.2, 0) is 13.0 Å². The Morgan fingerprint density at radius 2 is 2.03 bits per heavy atom. The summed E-state index contributed by atoms with van der Waals surface area (Å²) in [5.74, 6) is 0.795. The Kier molecular flexibility index (Phi) is 4.54. The molecule has 0 spiro atoms. The van der Waals surface area contributed by atoms with Gasteiger partial charge in [0, 0.05) is 24.2 Å². The number of aryl methyl sites for hydroxylation is 2. The third-order valence-corrected chi connectivity index (χ3v) is 5.67. The third-order valence-electron chi connectivity index (χ3n) is 5.67. The first kappa shape index (κ1) is 18.5. The van der Waals surface area contributed by atoms with Crippen LogP contribution in [0.15, 0.2) is 42.9 Å². The van der Waals surface area contributed by atoms with Crippen LogP contribution in [0.25, 0.3) is 16.9 Å². The number of hydrogen-bond donors (Lipinski definition) is 1. The van der Waals surface area contributed by atoms with Crippen molar-refractivity contribution in [2.75, 3.05) is 5.32 Å². The van der Waals surface area contributed by atoms with Crippen LogP contribution in [0.2, 0.25) is 0 Å². The van der Waals surface area contributed by atoms with Gasteiger partial charge in [0.05, 0.1) is 29.3 Å². The molecule has 0 aliphatic carbocycles. The van der Waals surface area contributed by atoms with Gasteiger partial charge in [-0.3, -0.25) is 4.79 Å². The Morgan fingerprint density at radius 3 is 2.93 bits per heavy atom. The number of benzene rings is 1. The lowest BCUT2D eigenvalue weighted by Crippen LogP contribution is -2.16. The van der Waals surface area contributed by atoms with Crippen LogP contribution >= 0.6 is 0 Å². The van der Waals surface area contributed by atoms with Gasteiger partial charge in [-0.15, -0.1) is 10.2 Å². The number of carbonyl (C=O) groups excluding carboxylic acids is 1. The minimum Gasteiger partial charge on any atom is -0.319 e. The summed E-state index contributed by atoms with van der Waals surface area (Å²) in [6, 6.07) is 8.20. The van der Waals surface area contributed by atoms with E-state index in [-0.39, 0.29) is 11.6 Å². The van der Waals surface area contributed by atoms with Gasteiger partial charge in [0.2, 0.25) is 0 Å². The van der Waals surface area contributed by atoms with E-state index >= 15 is 0 Å². The molecule has 1 aliphatic heterocycles. The van der Waals surface area contributed by atoms with E-state index in [1.54, 1.807) is 30.7 Å². The average Bonchev–Trinajstić information content (AvgIpc) is 3.31. The first-order valence-electron chi connectivity index (χ1n) is 10.1. The minimum absolute atomic E-state index is 0.119. The summed E-state index contributed by atoms with van der Waals surface area (Å²) in [6.07, 6.45) is 7.60. The number of rotatable bonds is 3. The van der Waals surface area contributed by atoms with E-state index in [0.717, 1.165) is 54.8 Å². The molecular formula is C22H21FN6O. The molecule has 8 heteroatoms. The molecule has 5 rings (SSSR count). The van der Waals surface area contributed by atoms with Crippen LogP contribution in [0, 0.1) is 12.7 Å². The zero-order valence-corrected chi connectivity index (χ0v) is 16.6. The second-order valence-corrected chi connectivity index (χ2v) is 7.57. The van der Waals surface area contributed by atoms with Crippen molar-refractivity contribution in [1.82, 2.24) is 24.1 Å². The molecule has 7 nitrogen and oxygen atoms in total. The van der Waals surface area contributed by atoms with Gasteiger partial charge in [0.25, 0.3) is 5.91 Å². The molecule has 0 unspecified atom stereocenters. The molecule has 4 aromatic rings. The van der Waals surface area contributed by atoms with Gasteiger partial charge in [0.1, 0.15) is 11.6 Å². The van der Waals surface area contributed by atoms with Crippen LogP contribution < -0.4 is 5.32 Å². The molecule has 30 heavy (non-hydrogen) atoms. The maximum atomic E-state index is 14.5. The van der Waals surface area contributed by atoms with E-state index in [2.05, 4.69) is 25.1 Å². The molecule has 3 aromatic heterocycles. The number of nitrogens with zero attached hydrogens (tertiary/aromatic N) is 5. The van der Waals surface area contributed by atoms with Crippen molar-refractivity contribution in [2.45, 2.75) is 39.2 Å². The van der Waals surface area contributed by atoms with Crippen LogP contribution in [-0.4, -0.2) is 30.1 Å². The normalized spacial score (nSPS) is 13.8. The van der Waals surface area contributed by atoms with Gasteiger partial charge >= 0.3 is 0 Å². The third kappa shape index (κ3) is 3.14. The lowest BCUT2D eigenvalue weighted by Gasteiger charge is -2.12. The molecule has 1 aromatic carbocycles. The standard InChI is InChI=1S/C22H21FN6O/c1-14-17(8-7-16-12-24-13-29(14)16)22(30)25-19-11-15(6-9-18(19)23)21-27-26-20-5-3-2-4-10-28(20)21/h6-9,11-13H,2-5,10H2,1H3,(H,25,30). The quantitative estimate of drug-likeness (QED) is 0.560. The van der Waals surface area contributed by atoms with Crippen LogP contribution in [0.5, 0.6) is 0 Å². The second kappa shape index (κ2) is 7.37. The van der Waals surface area contributed by atoms with Gasteiger partial charge in [-0.2, -0.15) is 0 Å². The predicted octanol–water partition coefficient (Wildman–Crippen LogP) is 4.02. The first-order chi connectivity index (χ1) is 14.6. The Labute approximate surface area is 172 Å². The van der Waals surface area contributed by atoms with Crippen molar-refractivity contribution in [3.63, 3.8) is 0 Å². The number of carbonyl (C=O) groups is 1. The highest BCUT2D eigenvalue weighted by Crippen LogP contribution is 2.27. The van der Waals surface area contributed by atoms with Crippen molar-refractivity contribution >= 4 is 17.1 Å². The van der Waals surface area contributed by atoms with Crippen molar-refractivity contribution < 1.29 is 9.18 Å². The molecule has 1 N–H and O–H groups in total. The summed E-state index contributed by atoms with van der Waals surface area (Å²) in [6.45, 7) is 2.68. The van der Waals surface area contributed by atoms with Crippen LogP contribution in [0.1, 0.15) is 41.1 Å². The lowest BCUT2D eigenvalue weighted by molar-refractivity contribution is 0.102. The smallest absolute Gasteiger partial charge is 0.257 e. The Bertz CT molecular complexity index is 1260. The van der Waals surface area contributed by atoms with Gasteiger partial charge in [-0.25, -0.2) is 9.37 Å². The topological polar surface area (TPSA) is 77.1 Å². The summed E-state index contributed by atoms with van der Waals surface area (Å²) >= 11 is 0. The van der Waals surface area contributed by atoms with Crippen LogP contribution in [0.4, 0.5) is 10.1 Å². The van der Waals surface area contributed by atoms with Gasteiger partial charge in [-0.05, 0) is 50.1 Å². The maximum Gasteiger partial charge on any atom is 0.257 e. The van der Waals surface area contributed by atoms with E-state index in [4.69, 9.17) is 0 Å². The van der Waals surface area contributed by atoms with Crippen molar-refractivity contribution in [2.24, 2.45) is 0 Å². The Balaban J connectivity index is 1.47. The monoisotopic (exact) mass is 404 g/mol. The van der Waals surface area contributed by atoms with Gasteiger partial charge < -0.3 is 14.3 Å². The summed E-state index contributed by atoms with van der Waals surface area (Å²) in [5.41, 5.74) is 2.94. The lowest BCUT2D eigenvalue weighted by atomic mass is 10.1. The second-order valence-electron chi connectivity index (χ2n) is 7.57. The molecule has 0 fully saturated rings. The molecule has 0 saturated heterocycles. The number of nitrogens with one attached hydrogen (secondary N) is 1. The fourth-order valence-corrected chi connectivity index (χ4v) is 4.02. The largest absolute Gasteiger partial charge is 0.319 e. The zero-order chi connectivity index (χ0) is 20.7. The van der Waals surface area contributed by atoms with Crippen molar-refractivity contribution in [1.29, 1.82) is 0 Å². The highest BCUT2D eigenvalue weighted by Gasteiger charge is 2.19. The molecule has 1 aliphatic rings. The van der Waals surface area contributed by atoms with E-state index < -0.39 is 5.82 Å². The molecule has 1 amide bonds. The van der Waals surface area contributed by atoms with E-state index in [1.807, 2.05) is 17.4 Å². The first-order valence-corrected chi connectivity index (χ1v) is 10.1. The minimum atomic E-state index is -0.496. The van der Waals surface area contributed by atoms with Crippen LogP contribution in [0.3, 0.4) is 0 Å². The molecule has 0 atom stereocenters. The van der Waals surface area contributed by atoms with Crippen molar-refractivity contribution in [3.05, 3.63) is 65.8 Å². The van der Waals surface area contributed by atoms with Gasteiger partial charge in [-0.1, -0.05) is 6.42 Å². The number of imidazole rings is 1. The highest BCUT2D eigenvalue weighted by molar-refractivity contribution is 6.05. The number of aromatic nitrogens is 5. The zero-order valence-electron chi connectivity index (χ0n) is 16.6. The SMILES string of the molecule is Cc1c(C(=O)Nc2cc(-c3nnc4n3CCCCC4)ccc2F)ccc2cncn12. The number of fused-ring (bicyclic) bond motifs is 2. The number of amides is 1. The molecule has 0 saturated carbocycles. The number of pyridine rings is 1. The number of halogens is 1. The molecule has 0 radical (unpaired) electrons. The summed E-state index contributed by atoms with van der Waals surface area (Å²) < 4.78 is 18.4. The van der Waals surface area contributed by atoms with E-state index in [9.17, 15) is 9.18 Å². The van der Waals surface area contributed by atoms with Crippen molar-refractivity contribution in [3.8, 4) is 11.4 Å². The van der Waals surface area contributed by atoms with E-state index in [1.165, 1.54) is 6.07 Å². The fourth-order valence-electron chi connectivity index (χ4n) is 4.02. The summed E-state index contributed by atoms with van der Waals surface area (Å²) in [5, 5.41) is 11.4. The molecule has 0 bridgehead atoms. The summed E-state index contributed by atoms with van der Waals surface area (Å²) in [7, 11) is 0. The predicted molar refractivity (Wildman–Crippen MR) is 111 cm³/mol. The maximum absolute atomic E-state index is 14.5. The molecule has 4 heterocycles. The fraction of sp³-hybridized carbons (Fsp3) is 0.273. The Morgan fingerprint density at radius 1 is 1.13 bits per heavy atom.